The van der Waals surface area contributed by atoms with Crippen LogP contribution in [0.3, 0.4) is 0 Å². The quantitative estimate of drug-likeness (QED) is 0.403. The van der Waals surface area contributed by atoms with Crippen LogP contribution >= 0.6 is 0 Å². The molecule has 0 aromatic carbocycles. The Hall–Kier alpha value is -2.62. The third kappa shape index (κ3) is 3.96. The van der Waals surface area contributed by atoms with Crippen molar-refractivity contribution in [1.29, 1.82) is 0 Å². The van der Waals surface area contributed by atoms with Gasteiger partial charge in [-0.1, -0.05) is 20.3 Å². The second-order valence-electron chi connectivity index (χ2n) is 7.88. The molecule has 2 aliphatic rings. The molecule has 2 fully saturated rings. The molecule has 2 aliphatic carbocycles. The molecule has 4 aromatic heterocycles. The van der Waals surface area contributed by atoms with Gasteiger partial charge in [0.15, 0.2) is 0 Å². The molecular formula is C24H30N4. The number of hydrogen-bond acceptors (Lipinski definition) is 2. The number of aromatic nitrogens is 4. The van der Waals surface area contributed by atoms with Crippen LogP contribution in [0.2, 0.25) is 0 Å². The molecule has 2 saturated carbocycles. The van der Waals surface area contributed by atoms with Crippen molar-refractivity contribution < 1.29 is 0 Å². The van der Waals surface area contributed by atoms with E-state index < -0.39 is 0 Å². The maximum absolute atomic E-state index is 4.33. The summed E-state index contributed by atoms with van der Waals surface area (Å²) < 4.78 is 4.71. The summed E-state index contributed by atoms with van der Waals surface area (Å²) in [7, 11) is 0. The zero-order chi connectivity index (χ0) is 19.5. The van der Waals surface area contributed by atoms with E-state index in [1.165, 1.54) is 53.9 Å². The zero-order valence-corrected chi connectivity index (χ0v) is 17.2. The molecule has 0 amide bonds. The topological polar surface area (TPSA) is 35.6 Å². The average Bonchev–Trinajstić information content (AvgIpc) is 3.64. The molecule has 4 heteroatoms. The lowest BCUT2D eigenvalue weighted by Crippen LogP contribution is -1.93. The summed E-state index contributed by atoms with van der Waals surface area (Å²) in [5, 5.41) is 2.62. The van der Waals surface area contributed by atoms with E-state index in [1.54, 1.807) is 0 Å². The smallest absolute Gasteiger partial charge is 0.0699 e. The van der Waals surface area contributed by atoms with Crippen molar-refractivity contribution in [1.82, 2.24) is 19.1 Å². The van der Waals surface area contributed by atoms with Gasteiger partial charge in [0.25, 0.3) is 0 Å². The van der Waals surface area contributed by atoms with Gasteiger partial charge in [0, 0.05) is 47.6 Å². The Morgan fingerprint density at radius 2 is 1.46 bits per heavy atom. The standard InChI is InChI=1S/C11H12N2.C10H10N2.C3H8/c1-8-11-9(4-6-12-8)5-7-13(11)10-2-3-10;1-2-9(1)12-6-4-8-3-5-11-7-10(8)12;1-3-2/h4-7,10H,2-3H2,1H3;3-7,9H,1-2H2;3H2,1-2H3. The molecule has 4 aromatic rings. The fourth-order valence-electron chi connectivity index (χ4n) is 3.61. The van der Waals surface area contributed by atoms with Gasteiger partial charge < -0.3 is 9.13 Å². The van der Waals surface area contributed by atoms with Gasteiger partial charge in [-0.15, -0.1) is 0 Å². The normalized spacial score (nSPS) is 15.7. The van der Waals surface area contributed by atoms with E-state index in [2.05, 4.69) is 76.5 Å². The van der Waals surface area contributed by atoms with Crippen LogP contribution in [0.4, 0.5) is 0 Å². The van der Waals surface area contributed by atoms with E-state index in [-0.39, 0.29) is 0 Å². The molecular weight excluding hydrogens is 344 g/mol. The van der Waals surface area contributed by atoms with Gasteiger partial charge in [-0.25, -0.2) is 0 Å². The summed E-state index contributed by atoms with van der Waals surface area (Å²) in [4.78, 5) is 8.46. The van der Waals surface area contributed by atoms with E-state index in [1.807, 2.05) is 18.6 Å². The molecule has 28 heavy (non-hydrogen) atoms. The monoisotopic (exact) mass is 374 g/mol. The first-order chi connectivity index (χ1) is 13.7. The van der Waals surface area contributed by atoms with Gasteiger partial charge >= 0.3 is 0 Å². The van der Waals surface area contributed by atoms with Crippen molar-refractivity contribution in [3.63, 3.8) is 0 Å². The number of fused-ring (bicyclic) bond motifs is 2. The Morgan fingerprint density at radius 1 is 0.857 bits per heavy atom. The second kappa shape index (κ2) is 8.17. The zero-order valence-electron chi connectivity index (χ0n) is 17.2. The molecule has 4 heterocycles. The largest absolute Gasteiger partial charge is 0.343 e. The first kappa shape index (κ1) is 18.7. The highest BCUT2D eigenvalue weighted by Crippen LogP contribution is 2.38. The summed E-state index contributed by atoms with van der Waals surface area (Å²) in [6, 6.07) is 10.00. The van der Waals surface area contributed by atoms with Crippen molar-refractivity contribution in [3.8, 4) is 0 Å². The third-order valence-corrected chi connectivity index (χ3v) is 5.22. The van der Waals surface area contributed by atoms with E-state index in [0.717, 1.165) is 17.8 Å². The van der Waals surface area contributed by atoms with Crippen molar-refractivity contribution in [3.05, 3.63) is 60.9 Å². The molecule has 146 valence electrons. The van der Waals surface area contributed by atoms with Crippen LogP contribution in [0, 0.1) is 6.92 Å². The van der Waals surface area contributed by atoms with Crippen LogP contribution in [-0.2, 0) is 0 Å². The lowest BCUT2D eigenvalue weighted by Gasteiger charge is -2.03. The number of nitrogens with zero attached hydrogens (tertiary/aromatic N) is 4. The molecule has 6 rings (SSSR count). The van der Waals surface area contributed by atoms with E-state index in [9.17, 15) is 0 Å². The van der Waals surface area contributed by atoms with Crippen molar-refractivity contribution >= 4 is 21.8 Å². The Bertz CT molecular complexity index is 1050. The first-order valence-electron chi connectivity index (χ1n) is 10.6. The van der Waals surface area contributed by atoms with E-state index >= 15 is 0 Å². The van der Waals surface area contributed by atoms with E-state index in [4.69, 9.17) is 0 Å². The van der Waals surface area contributed by atoms with Crippen LogP contribution in [-0.4, -0.2) is 19.1 Å². The van der Waals surface area contributed by atoms with Crippen LogP contribution in [0.5, 0.6) is 0 Å². The fraction of sp³-hybridized carbons (Fsp3) is 0.417. The molecule has 0 saturated heterocycles. The maximum Gasteiger partial charge on any atom is 0.0699 e. The summed E-state index contributed by atoms with van der Waals surface area (Å²) in [6.07, 6.45) is 16.6. The molecule has 0 aliphatic heterocycles. The Labute approximate surface area is 167 Å². The van der Waals surface area contributed by atoms with Crippen LogP contribution < -0.4 is 0 Å². The van der Waals surface area contributed by atoms with Crippen molar-refractivity contribution in [2.24, 2.45) is 0 Å². The fourth-order valence-corrected chi connectivity index (χ4v) is 3.61. The predicted octanol–water partition coefficient (Wildman–Crippen LogP) is 6.47. The predicted molar refractivity (Wildman–Crippen MR) is 117 cm³/mol. The minimum atomic E-state index is 0.750. The summed E-state index contributed by atoms with van der Waals surface area (Å²) in [6.45, 7) is 6.33. The van der Waals surface area contributed by atoms with Gasteiger partial charge in [0.1, 0.15) is 0 Å². The third-order valence-electron chi connectivity index (χ3n) is 5.22. The summed E-state index contributed by atoms with van der Waals surface area (Å²) in [5.41, 5.74) is 3.75. The SMILES string of the molecule is CCC.Cc1nccc2ccn(C3CC3)c12.c1cc2ccn(C3CC3)c2cn1. The molecule has 0 atom stereocenters. The minimum absolute atomic E-state index is 0.750. The molecule has 0 unspecified atom stereocenters. The Kier molecular flexibility index (Phi) is 5.47. The lowest BCUT2D eigenvalue weighted by molar-refractivity contribution is 0.771. The van der Waals surface area contributed by atoms with Gasteiger partial charge in [-0.2, -0.15) is 0 Å². The number of aryl methyl sites for hydroxylation is 1. The van der Waals surface area contributed by atoms with Crippen molar-refractivity contribution in [2.75, 3.05) is 0 Å². The first-order valence-corrected chi connectivity index (χ1v) is 10.6. The van der Waals surface area contributed by atoms with Gasteiger partial charge in [-0.05, 0) is 56.9 Å². The van der Waals surface area contributed by atoms with Crippen LogP contribution in [0.25, 0.3) is 21.8 Å². The highest BCUT2D eigenvalue weighted by atomic mass is 15.0. The highest BCUT2D eigenvalue weighted by Gasteiger charge is 2.25. The number of rotatable bonds is 2. The maximum atomic E-state index is 4.33. The van der Waals surface area contributed by atoms with Gasteiger partial charge in [0.2, 0.25) is 0 Å². The van der Waals surface area contributed by atoms with Crippen LogP contribution in [0.15, 0.2) is 55.2 Å². The number of pyridine rings is 2. The Morgan fingerprint density at radius 3 is 2.18 bits per heavy atom. The molecule has 0 bridgehead atoms. The molecule has 0 spiro atoms. The average molecular weight is 375 g/mol. The summed E-state index contributed by atoms with van der Waals surface area (Å²) in [5.74, 6) is 0. The molecule has 0 radical (unpaired) electrons. The number of hydrogen-bond donors (Lipinski definition) is 0. The second-order valence-corrected chi connectivity index (χ2v) is 7.88. The molecule has 0 N–H and O–H groups in total. The Balaban J connectivity index is 0.000000121. The lowest BCUT2D eigenvalue weighted by atomic mass is 10.2. The minimum Gasteiger partial charge on any atom is -0.343 e. The van der Waals surface area contributed by atoms with Crippen molar-refractivity contribution in [2.45, 2.75) is 65.0 Å². The summed E-state index contributed by atoms with van der Waals surface area (Å²) >= 11 is 0. The van der Waals surface area contributed by atoms with E-state index in [0.29, 0.717) is 0 Å². The van der Waals surface area contributed by atoms with Crippen LogP contribution in [0.1, 0.15) is 63.7 Å². The van der Waals surface area contributed by atoms with Gasteiger partial charge in [-0.3, -0.25) is 9.97 Å². The van der Waals surface area contributed by atoms with Gasteiger partial charge in [0.05, 0.1) is 22.9 Å². The highest BCUT2D eigenvalue weighted by molar-refractivity contribution is 5.82. The molecule has 4 nitrogen and oxygen atoms in total.